The molecule has 0 aromatic heterocycles. The van der Waals surface area contributed by atoms with Gasteiger partial charge in [0.05, 0.1) is 52.2 Å². The summed E-state index contributed by atoms with van der Waals surface area (Å²) in [5, 5.41) is 9.42. The van der Waals surface area contributed by atoms with Gasteiger partial charge in [0.2, 0.25) is 0 Å². The number of hydrogen-bond donors (Lipinski definition) is 1. The maximum atomic E-state index is 12.9. The summed E-state index contributed by atoms with van der Waals surface area (Å²) in [5.74, 6) is 0.431. The van der Waals surface area contributed by atoms with E-state index in [-0.39, 0.29) is 17.8 Å². The molecular weight excluding hydrogens is 494 g/mol. The highest BCUT2D eigenvalue weighted by atomic mass is 16.5. The van der Waals surface area contributed by atoms with Crippen molar-refractivity contribution in [3.63, 3.8) is 0 Å². The van der Waals surface area contributed by atoms with E-state index in [0.29, 0.717) is 49.8 Å². The molecule has 39 heavy (non-hydrogen) atoms. The van der Waals surface area contributed by atoms with Gasteiger partial charge >= 0.3 is 5.97 Å². The molecule has 1 atom stereocenters. The summed E-state index contributed by atoms with van der Waals surface area (Å²) in [7, 11) is 0. The van der Waals surface area contributed by atoms with Crippen LogP contribution in [0, 0.1) is 5.92 Å². The molecule has 1 N–H and O–H groups in total. The molecule has 2 aliphatic heterocycles. The number of hydrazone groups is 1. The molecule has 0 bridgehead atoms. The maximum absolute atomic E-state index is 12.9. The molecule has 210 valence electrons. The Morgan fingerprint density at radius 1 is 1.05 bits per heavy atom. The zero-order valence-corrected chi connectivity index (χ0v) is 23.0. The molecule has 1 saturated heterocycles. The van der Waals surface area contributed by atoms with Gasteiger partial charge in [-0.15, -0.1) is 0 Å². The zero-order chi connectivity index (χ0) is 27.3. The lowest BCUT2D eigenvalue weighted by atomic mass is 9.93. The summed E-state index contributed by atoms with van der Waals surface area (Å²) >= 11 is 0. The Morgan fingerprint density at radius 3 is 2.62 bits per heavy atom. The molecule has 4 rings (SSSR count). The molecule has 1 fully saturated rings. The number of benzene rings is 2. The lowest BCUT2D eigenvalue weighted by Crippen LogP contribution is -2.32. The topological polar surface area (TPSA) is 89.5 Å². The van der Waals surface area contributed by atoms with Gasteiger partial charge in [0.25, 0.3) is 5.91 Å². The minimum Gasteiger partial charge on any atom is -0.493 e. The molecular formula is C31H41N3O5. The highest BCUT2D eigenvalue weighted by molar-refractivity contribution is 6.04. The number of ether oxygens (including phenoxy) is 3. The van der Waals surface area contributed by atoms with Crippen LogP contribution in [0.3, 0.4) is 0 Å². The summed E-state index contributed by atoms with van der Waals surface area (Å²) in [4.78, 5) is 25.1. The summed E-state index contributed by atoms with van der Waals surface area (Å²) in [6.07, 6.45) is 9.91. The van der Waals surface area contributed by atoms with E-state index < -0.39 is 0 Å². The number of hydrogen-bond acceptors (Lipinski definition) is 7. The third kappa shape index (κ3) is 9.39. The molecule has 1 unspecified atom stereocenters. The van der Waals surface area contributed by atoms with E-state index in [9.17, 15) is 9.59 Å². The summed E-state index contributed by atoms with van der Waals surface area (Å²) in [6, 6.07) is 13.1. The Bertz CT molecular complexity index is 1100. The van der Waals surface area contributed by atoms with E-state index >= 15 is 0 Å². The number of anilines is 1. The Kier molecular flexibility index (Phi) is 11.2. The van der Waals surface area contributed by atoms with Gasteiger partial charge in [-0.05, 0) is 48.2 Å². The zero-order valence-electron chi connectivity index (χ0n) is 23.0. The second kappa shape index (κ2) is 15.3. The van der Waals surface area contributed by atoms with Crippen molar-refractivity contribution in [3.05, 3.63) is 59.2 Å². The van der Waals surface area contributed by atoms with Crippen molar-refractivity contribution >= 4 is 23.8 Å². The van der Waals surface area contributed by atoms with Gasteiger partial charge in [-0.2, -0.15) is 5.10 Å². The van der Waals surface area contributed by atoms with Crippen LogP contribution in [-0.2, 0) is 20.7 Å². The second-order valence-corrected chi connectivity index (χ2v) is 10.3. The predicted octanol–water partition coefficient (Wildman–Crippen LogP) is 5.45. The lowest BCUT2D eigenvalue weighted by Gasteiger charge is -2.25. The smallest absolute Gasteiger partial charge is 0.306 e. The van der Waals surface area contributed by atoms with Crippen LogP contribution in [0.1, 0.15) is 73.4 Å². The van der Waals surface area contributed by atoms with Gasteiger partial charge in [-0.3, -0.25) is 14.6 Å². The van der Waals surface area contributed by atoms with Crippen LogP contribution in [0.4, 0.5) is 5.69 Å². The minimum atomic E-state index is -0.198. The van der Waals surface area contributed by atoms with Crippen LogP contribution >= 0.6 is 0 Å². The Morgan fingerprint density at radius 2 is 1.82 bits per heavy atom. The van der Waals surface area contributed by atoms with E-state index in [0.717, 1.165) is 43.5 Å². The first kappa shape index (κ1) is 28.6. The van der Waals surface area contributed by atoms with E-state index in [2.05, 4.69) is 17.3 Å². The fourth-order valence-corrected chi connectivity index (χ4v) is 4.74. The third-order valence-electron chi connectivity index (χ3n) is 7.05. The van der Waals surface area contributed by atoms with Crippen LogP contribution < -0.4 is 10.1 Å². The molecule has 0 spiro atoms. The molecule has 2 aliphatic rings. The Balaban J connectivity index is 1.20. The summed E-state index contributed by atoms with van der Waals surface area (Å²) < 4.78 is 16.7. The van der Waals surface area contributed by atoms with Gasteiger partial charge < -0.3 is 19.5 Å². The SMILES string of the molecule is CCCCCCCCOC(=O)CC1COc2cc(C(=O)Nc3ccc(C=NN4CCOCC4)cc3)ccc2C1. The van der Waals surface area contributed by atoms with Gasteiger partial charge in [0.15, 0.2) is 0 Å². The number of nitrogens with one attached hydrogen (secondary N) is 1. The predicted molar refractivity (Wildman–Crippen MR) is 152 cm³/mol. The molecule has 8 nitrogen and oxygen atoms in total. The average molecular weight is 536 g/mol. The van der Waals surface area contributed by atoms with E-state index in [4.69, 9.17) is 14.2 Å². The monoisotopic (exact) mass is 535 g/mol. The Labute approximate surface area is 231 Å². The normalized spacial score (nSPS) is 16.9. The van der Waals surface area contributed by atoms with Crippen molar-refractivity contribution in [1.82, 2.24) is 5.01 Å². The number of fused-ring (bicyclic) bond motifs is 1. The minimum absolute atomic E-state index is 0.0829. The highest BCUT2D eigenvalue weighted by Crippen LogP contribution is 2.30. The molecule has 0 aliphatic carbocycles. The molecule has 2 heterocycles. The largest absolute Gasteiger partial charge is 0.493 e. The van der Waals surface area contributed by atoms with Crippen molar-refractivity contribution in [2.45, 2.75) is 58.3 Å². The second-order valence-electron chi connectivity index (χ2n) is 10.3. The van der Waals surface area contributed by atoms with Gasteiger partial charge in [0.1, 0.15) is 5.75 Å². The average Bonchev–Trinajstić information content (AvgIpc) is 2.96. The number of nitrogens with zero attached hydrogens (tertiary/aromatic N) is 2. The summed E-state index contributed by atoms with van der Waals surface area (Å²) in [6.45, 7) is 6.13. The van der Waals surface area contributed by atoms with Crippen LogP contribution in [0.2, 0.25) is 0 Å². The van der Waals surface area contributed by atoms with Gasteiger partial charge in [-0.1, -0.05) is 57.2 Å². The fourth-order valence-electron chi connectivity index (χ4n) is 4.74. The number of carbonyl (C=O) groups excluding carboxylic acids is 2. The highest BCUT2D eigenvalue weighted by Gasteiger charge is 2.24. The Hall–Kier alpha value is -3.39. The van der Waals surface area contributed by atoms with Crippen LogP contribution in [0.5, 0.6) is 5.75 Å². The first-order valence-corrected chi connectivity index (χ1v) is 14.3. The van der Waals surface area contributed by atoms with Crippen molar-refractivity contribution in [1.29, 1.82) is 0 Å². The number of amides is 1. The van der Waals surface area contributed by atoms with Crippen molar-refractivity contribution in [2.24, 2.45) is 11.0 Å². The maximum Gasteiger partial charge on any atom is 0.306 e. The van der Waals surface area contributed by atoms with Crippen molar-refractivity contribution < 1.29 is 23.8 Å². The third-order valence-corrected chi connectivity index (χ3v) is 7.05. The van der Waals surface area contributed by atoms with E-state index in [1.807, 2.05) is 41.6 Å². The molecule has 0 radical (unpaired) electrons. The van der Waals surface area contributed by atoms with Gasteiger partial charge in [-0.25, -0.2) is 0 Å². The molecule has 2 aromatic rings. The quantitative estimate of drug-likeness (QED) is 0.208. The van der Waals surface area contributed by atoms with Crippen LogP contribution in [-0.4, -0.2) is 62.6 Å². The van der Waals surface area contributed by atoms with E-state index in [1.165, 1.54) is 25.7 Å². The summed E-state index contributed by atoms with van der Waals surface area (Å²) in [5.41, 5.74) is 3.21. The number of rotatable bonds is 13. The van der Waals surface area contributed by atoms with Crippen molar-refractivity contribution in [3.8, 4) is 5.75 Å². The molecule has 8 heteroatoms. The number of esters is 1. The first-order chi connectivity index (χ1) is 19.1. The standard InChI is InChI=1S/C31H41N3O5/c1-2-3-4-5-6-7-16-38-30(35)20-25-19-26-10-11-27(21-29(26)39-23-25)31(36)33-28-12-8-24(9-13-28)22-32-34-14-17-37-18-15-34/h8-13,21-22,25H,2-7,14-20,23H2,1H3,(H,33,36). The fraction of sp³-hybridized carbons (Fsp3) is 0.516. The van der Waals surface area contributed by atoms with Crippen molar-refractivity contribution in [2.75, 3.05) is 44.8 Å². The molecule has 0 saturated carbocycles. The first-order valence-electron chi connectivity index (χ1n) is 14.3. The van der Waals surface area contributed by atoms with E-state index in [1.54, 1.807) is 12.1 Å². The number of unbranched alkanes of at least 4 members (excludes halogenated alkanes) is 5. The van der Waals surface area contributed by atoms with Gasteiger partial charge in [0, 0.05) is 17.2 Å². The molecule has 2 aromatic carbocycles. The molecule has 1 amide bonds. The number of carbonyl (C=O) groups is 2. The number of morpholine rings is 1. The lowest BCUT2D eigenvalue weighted by molar-refractivity contribution is -0.145. The van der Waals surface area contributed by atoms with Crippen LogP contribution in [0.25, 0.3) is 0 Å². The van der Waals surface area contributed by atoms with Crippen LogP contribution in [0.15, 0.2) is 47.6 Å².